The Bertz CT molecular complexity index is 380. The molecule has 0 aromatic heterocycles. The van der Waals surface area contributed by atoms with Crippen molar-refractivity contribution in [3.05, 3.63) is 0 Å². The van der Waals surface area contributed by atoms with Gasteiger partial charge in [0.05, 0.1) is 0 Å². The van der Waals surface area contributed by atoms with Gasteiger partial charge in [-0.05, 0) is 48.6 Å². The third-order valence-electron chi connectivity index (χ3n) is 6.68. The van der Waals surface area contributed by atoms with Crippen LogP contribution in [0.3, 0.4) is 0 Å². The van der Waals surface area contributed by atoms with Crippen LogP contribution < -0.4 is 5.32 Å². The fraction of sp³-hybridized carbons (Fsp3) is 0.938. The van der Waals surface area contributed by atoms with Crippen LogP contribution in [0.15, 0.2) is 0 Å². The number of likely N-dealkylation sites (tertiary alicyclic amines) is 1. The summed E-state index contributed by atoms with van der Waals surface area (Å²) in [6.07, 6.45) is 3.70. The Balaban J connectivity index is 1.67. The number of nitrogens with one attached hydrogen (secondary N) is 1. The zero-order valence-corrected chi connectivity index (χ0v) is 12.9. The van der Waals surface area contributed by atoms with Crippen molar-refractivity contribution < 1.29 is 4.79 Å². The van der Waals surface area contributed by atoms with Gasteiger partial charge < -0.3 is 10.2 Å². The molecule has 3 nitrogen and oxygen atoms in total. The summed E-state index contributed by atoms with van der Waals surface area (Å²) in [6.45, 7) is 13.2. The summed E-state index contributed by atoms with van der Waals surface area (Å²) < 4.78 is 0. The first-order valence-electron chi connectivity index (χ1n) is 7.80. The average Bonchev–Trinajstić information content (AvgIpc) is 2.64. The second-order valence-corrected chi connectivity index (χ2v) is 8.14. The largest absolute Gasteiger partial charge is 0.342 e. The highest BCUT2D eigenvalue weighted by atomic mass is 16.2. The molecule has 0 aromatic rings. The molecule has 0 atom stereocenters. The van der Waals surface area contributed by atoms with Crippen molar-refractivity contribution in [3.63, 3.8) is 0 Å². The molecule has 3 aliphatic rings. The summed E-state index contributed by atoms with van der Waals surface area (Å²) in [7, 11) is 0. The maximum Gasteiger partial charge on any atom is 0.226 e. The van der Waals surface area contributed by atoms with Crippen LogP contribution >= 0.6 is 0 Å². The molecule has 0 aromatic carbocycles. The van der Waals surface area contributed by atoms with E-state index >= 15 is 0 Å². The average molecular weight is 264 g/mol. The van der Waals surface area contributed by atoms with E-state index in [2.05, 4.69) is 37.9 Å². The molecule has 0 unspecified atom stereocenters. The van der Waals surface area contributed by atoms with E-state index in [0.717, 1.165) is 26.2 Å². The Kier molecular flexibility index (Phi) is 2.80. The standard InChI is InChI=1S/C16H28N2O/c1-14(2)12(15(14,3)4)13(19)18-10-7-16(11-18)5-8-17-9-6-16/h12,17H,5-11H2,1-4H3. The zero-order chi connectivity index (χ0) is 13.9. The van der Waals surface area contributed by atoms with Gasteiger partial charge in [0.15, 0.2) is 0 Å². The minimum atomic E-state index is 0.175. The number of piperidine rings is 1. The number of hydrogen-bond donors (Lipinski definition) is 1. The summed E-state index contributed by atoms with van der Waals surface area (Å²) in [6, 6.07) is 0. The molecule has 0 bridgehead atoms. The molecule has 2 heterocycles. The topological polar surface area (TPSA) is 32.3 Å². The van der Waals surface area contributed by atoms with Gasteiger partial charge >= 0.3 is 0 Å². The van der Waals surface area contributed by atoms with Crippen molar-refractivity contribution >= 4 is 5.91 Å². The van der Waals surface area contributed by atoms with Crippen LogP contribution in [0.1, 0.15) is 47.0 Å². The summed E-state index contributed by atoms with van der Waals surface area (Å²) in [4.78, 5) is 14.9. The van der Waals surface area contributed by atoms with E-state index < -0.39 is 0 Å². The lowest BCUT2D eigenvalue weighted by Crippen LogP contribution is -2.40. The maximum atomic E-state index is 12.8. The second-order valence-electron chi connectivity index (χ2n) is 8.14. The van der Waals surface area contributed by atoms with Gasteiger partial charge in [-0.3, -0.25) is 4.79 Å². The van der Waals surface area contributed by atoms with Crippen LogP contribution in [0.5, 0.6) is 0 Å². The molecule has 1 saturated carbocycles. The summed E-state index contributed by atoms with van der Waals surface area (Å²) in [5.74, 6) is 0.655. The number of rotatable bonds is 1. The minimum Gasteiger partial charge on any atom is -0.342 e. The van der Waals surface area contributed by atoms with E-state index in [4.69, 9.17) is 0 Å². The van der Waals surface area contributed by atoms with Gasteiger partial charge in [-0.15, -0.1) is 0 Å². The van der Waals surface area contributed by atoms with E-state index in [1.165, 1.54) is 19.3 Å². The molecule has 3 fully saturated rings. The molecule has 3 rings (SSSR count). The third-order valence-corrected chi connectivity index (χ3v) is 6.68. The van der Waals surface area contributed by atoms with Crippen LogP contribution in [0.2, 0.25) is 0 Å². The smallest absolute Gasteiger partial charge is 0.226 e. The van der Waals surface area contributed by atoms with E-state index in [1.54, 1.807) is 0 Å². The molecule has 1 N–H and O–H groups in total. The summed E-state index contributed by atoms with van der Waals surface area (Å²) in [5, 5.41) is 3.44. The monoisotopic (exact) mass is 264 g/mol. The Labute approximate surface area is 117 Å². The Hall–Kier alpha value is -0.570. The van der Waals surface area contributed by atoms with E-state index in [9.17, 15) is 4.79 Å². The van der Waals surface area contributed by atoms with Gasteiger partial charge in [0, 0.05) is 19.0 Å². The molecule has 3 heteroatoms. The van der Waals surface area contributed by atoms with E-state index in [0.29, 0.717) is 11.3 Å². The molecule has 0 radical (unpaired) electrons. The van der Waals surface area contributed by atoms with Crippen LogP contribution in [-0.2, 0) is 4.79 Å². The van der Waals surface area contributed by atoms with Crippen LogP contribution in [0.4, 0.5) is 0 Å². The van der Waals surface area contributed by atoms with Crippen LogP contribution in [0.25, 0.3) is 0 Å². The first kappa shape index (κ1) is 13.4. The molecule has 1 aliphatic carbocycles. The maximum absolute atomic E-state index is 12.8. The molecule has 19 heavy (non-hydrogen) atoms. The highest BCUT2D eigenvalue weighted by Crippen LogP contribution is 2.69. The quantitative estimate of drug-likeness (QED) is 0.788. The molecular formula is C16H28N2O. The SMILES string of the molecule is CC1(C)C(C(=O)N2CCC3(CCNCC3)C2)C1(C)C. The number of amides is 1. The normalized spacial score (nSPS) is 31.7. The van der Waals surface area contributed by atoms with E-state index in [1.807, 2.05) is 0 Å². The van der Waals surface area contributed by atoms with Gasteiger partial charge in [0.1, 0.15) is 0 Å². The lowest BCUT2D eigenvalue weighted by molar-refractivity contribution is -0.133. The first-order valence-corrected chi connectivity index (χ1v) is 7.80. The number of carbonyl (C=O) groups excluding carboxylic acids is 1. The Morgan fingerprint density at radius 1 is 1.05 bits per heavy atom. The number of nitrogens with zero attached hydrogens (tertiary/aromatic N) is 1. The summed E-state index contributed by atoms with van der Waals surface area (Å²) >= 11 is 0. The minimum absolute atomic E-state index is 0.175. The van der Waals surface area contributed by atoms with Crippen LogP contribution in [0, 0.1) is 22.2 Å². The fourth-order valence-electron chi connectivity index (χ4n) is 4.48. The molecule has 2 saturated heterocycles. The lowest BCUT2D eigenvalue weighted by atomic mass is 9.78. The van der Waals surface area contributed by atoms with Crippen molar-refractivity contribution in [1.82, 2.24) is 10.2 Å². The third kappa shape index (κ3) is 1.84. The highest BCUT2D eigenvalue weighted by Gasteiger charge is 2.69. The molecular weight excluding hydrogens is 236 g/mol. The molecule has 1 amide bonds. The van der Waals surface area contributed by atoms with Gasteiger partial charge in [-0.25, -0.2) is 0 Å². The highest BCUT2D eigenvalue weighted by molar-refractivity contribution is 5.84. The predicted octanol–water partition coefficient (Wildman–Crippen LogP) is 2.27. The lowest BCUT2D eigenvalue weighted by Gasteiger charge is -2.33. The van der Waals surface area contributed by atoms with Crippen molar-refractivity contribution in [2.24, 2.45) is 22.2 Å². The van der Waals surface area contributed by atoms with Crippen molar-refractivity contribution in [2.45, 2.75) is 47.0 Å². The Morgan fingerprint density at radius 3 is 2.16 bits per heavy atom. The zero-order valence-electron chi connectivity index (χ0n) is 12.9. The summed E-state index contributed by atoms with van der Waals surface area (Å²) in [5.41, 5.74) is 0.784. The van der Waals surface area contributed by atoms with Crippen molar-refractivity contribution in [1.29, 1.82) is 0 Å². The number of carbonyl (C=O) groups is 1. The predicted molar refractivity (Wildman–Crippen MR) is 76.8 cm³/mol. The van der Waals surface area contributed by atoms with Crippen LogP contribution in [-0.4, -0.2) is 37.0 Å². The molecule has 2 aliphatic heterocycles. The fourth-order valence-corrected chi connectivity index (χ4v) is 4.48. The Morgan fingerprint density at radius 2 is 1.63 bits per heavy atom. The van der Waals surface area contributed by atoms with Gasteiger partial charge in [0.2, 0.25) is 5.91 Å². The second kappa shape index (κ2) is 3.97. The molecule has 1 spiro atoms. The van der Waals surface area contributed by atoms with Gasteiger partial charge in [-0.1, -0.05) is 27.7 Å². The van der Waals surface area contributed by atoms with Gasteiger partial charge in [0.25, 0.3) is 0 Å². The van der Waals surface area contributed by atoms with Crippen molar-refractivity contribution in [2.75, 3.05) is 26.2 Å². The first-order chi connectivity index (χ1) is 8.80. The number of hydrogen-bond acceptors (Lipinski definition) is 2. The van der Waals surface area contributed by atoms with Gasteiger partial charge in [-0.2, -0.15) is 0 Å². The van der Waals surface area contributed by atoms with E-state index in [-0.39, 0.29) is 16.7 Å². The molecule has 108 valence electrons. The van der Waals surface area contributed by atoms with Crippen molar-refractivity contribution in [3.8, 4) is 0 Å².